The van der Waals surface area contributed by atoms with Crippen molar-refractivity contribution in [2.24, 2.45) is 0 Å². The number of hydrogen-bond acceptors (Lipinski definition) is 1. The average molecular weight is 408 g/mol. The summed E-state index contributed by atoms with van der Waals surface area (Å²) in [5.41, 5.74) is 0. The number of unbranched alkanes of at least 4 members (excludes halogenated alkanes) is 1. The highest BCUT2D eigenvalue weighted by Crippen LogP contribution is 2.12. The van der Waals surface area contributed by atoms with Crippen LogP contribution in [0.15, 0.2) is 60.7 Å². The summed E-state index contributed by atoms with van der Waals surface area (Å²) >= 11 is 2.38. The van der Waals surface area contributed by atoms with Crippen molar-refractivity contribution in [2.45, 2.75) is 25.8 Å². The Labute approximate surface area is 141 Å². The second-order valence-electron chi connectivity index (χ2n) is 5.43. The Kier molecular flexibility index (Phi) is 6.17. The molecule has 3 heteroatoms. The van der Waals surface area contributed by atoms with Gasteiger partial charge >= 0.3 is 0 Å². The Balaban J connectivity index is 2.38. The first kappa shape index (κ1) is 16.4. The van der Waals surface area contributed by atoms with Crippen molar-refractivity contribution in [1.29, 1.82) is 0 Å². The van der Waals surface area contributed by atoms with E-state index in [1.165, 1.54) is 10.4 Å². The second kappa shape index (κ2) is 7.89. The molecule has 21 heavy (non-hydrogen) atoms. The van der Waals surface area contributed by atoms with Gasteiger partial charge in [-0.2, -0.15) is 0 Å². The summed E-state index contributed by atoms with van der Waals surface area (Å²) in [6.45, 7) is 2.20. The molecule has 0 aliphatic rings. The van der Waals surface area contributed by atoms with E-state index in [2.05, 4.69) is 53.4 Å². The lowest BCUT2D eigenvalue weighted by Crippen LogP contribution is -2.62. The van der Waals surface area contributed by atoms with Crippen LogP contribution >= 0.6 is 22.6 Å². The number of rotatable bonds is 7. The number of carbonyl (C=O) groups is 1. The molecule has 0 bridgehead atoms. The normalized spacial score (nSPS) is 11.3. The first-order valence-electron chi connectivity index (χ1n) is 7.40. The minimum atomic E-state index is -2.30. The molecule has 0 aliphatic heterocycles. The summed E-state index contributed by atoms with van der Waals surface area (Å²) in [6, 6.07) is 20.7. The van der Waals surface area contributed by atoms with Crippen LogP contribution in [0.1, 0.15) is 19.3 Å². The van der Waals surface area contributed by atoms with Crippen LogP contribution < -0.4 is 10.4 Å². The maximum atomic E-state index is 13.0. The third-order valence-electron chi connectivity index (χ3n) is 4.05. The first-order chi connectivity index (χ1) is 10.2. The van der Waals surface area contributed by atoms with Gasteiger partial charge < -0.3 is 4.79 Å². The van der Waals surface area contributed by atoms with Crippen molar-refractivity contribution in [1.82, 2.24) is 0 Å². The van der Waals surface area contributed by atoms with E-state index in [1.807, 2.05) is 36.4 Å². The molecular weight excluding hydrogens is 387 g/mol. The van der Waals surface area contributed by atoms with E-state index >= 15 is 0 Å². The molecule has 1 nitrogen and oxygen atoms in total. The molecule has 110 valence electrons. The molecule has 0 radical (unpaired) electrons. The summed E-state index contributed by atoms with van der Waals surface area (Å²) < 4.78 is 1.12. The standard InChI is InChI=1S/C18H21IOSi/c1-21(16-10-4-2-5-11-16,17-12-6-3-7-13-17)18(20)14-8-9-15-19/h2-7,10-13H,8-9,14-15H2,1H3. The van der Waals surface area contributed by atoms with E-state index in [1.54, 1.807) is 0 Å². The topological polar surface area (TPSA) is 17.1 Å². The van der Waals surface area contributed by atoms with Crippen molar-refractivity contribution >= 4 is 46.4 Å². The van der Waals surface area contributed by atoms with Crippen LogP contribution in [0.25, 0.3) is 0 Å². The molecule has 0 atom stereocenters. The molecule has 0 saturated heterocycles. The molecule has 0 aliphatic carbocycles. The summed E-state index contributed by atoms with van der Waals surface area (Å²) in [5.74, 6) is 0. The zero-order chi connectivity index (χ0) is 15.1. The minimum Gasteiger partial charge on any atom is -0.305 e. The van der Waals surface area contributed by atoms with Gasteiger partial charge in [-0.15, -0.1) is 0 Å². The molecule has 0 amide bonds. The Bertz CT molecular complexity index is 529. The number of benzene rings is 2. The number of hydrogen-bond donors (Lipinski definition) is 0. The monoisotopic (exact) mass is 408 g/mol. The third-order valence-corrected chi connectivity index (χ3v) is 9.15. The minimum absolute atomic E-state index is 0.449. The predicted molar refractivity (Wildman–Crippen MR) is 102 cm³/mol. The molecule has 2 rings (SSSR count). The van der Waals surface area contributed by atoms with E-state index in [9.17, 15) is 4.79 Å². The van der Waals surface area contributed by atoms with Crippen molar-refractivity contribution in [2.75, 3.05) is 4.43 Å². The Hall–Kier alpha value is -0.943. The highest BCUT2D eigenvalue weighted by atomic mass is 127. The quantitative estimate of drug-likeness (QED) is 0.296. The molecule has 2 aromatic rings. The van der Waals surface area contributed by atoms with Crippen molar-refractivity contribution in [3.63, 3.8) is 0 Å². The molecule has 0 spiro atoms. The van der Waals surface area contributed by atoms with E-state index in [4.69, 9.17) is 0 Å². The molecule has 0 aromatic heterocycles. The summed E-state index contributed by atoms with van der Waals surface area (Å²) in [7, 11) is -2.30. The van der Waals surface area contributed by atoms with Crippen LogP contribution in [0.3, 0.4) is 0 Å². The SMILES string of the molecule is C[Si](C(=O)CCCCI)(c1ccccc1)c1ccccc1. The van der Waals surface area contributed by atoms with Gasteiger partial charge in [0.15, 0.2) is 8.07 Å². The van der Waals surface area contributed by atoms with E-state index < -0.39 is 8.07 Å². The summed E-state index contributed by atoms with van der Waals surface area (Å²) in [5, 5.41) is 2.89. The Morgan fingerprint density at radius 3 is 1.81 bits per heavy atom. The van der Waals surface area contributed by atoms with Crippen LogP contribution in [0, 0.1) is 0 Å². The molecule has 2 aromatic carbocycles. The highest BCUT2D eigenvalue weighted by Gasteiger charge is 2.38. The van der Waals surface area contributed by atoms with Crippen molar-refractivity contribution in [3.8, 4) is 0 Å². The smallest absolute Gasteiger partial charge is 0.190 e. The van der Waals surface area contributed by atoms with Gasteiger partial charge in [0.05, 0.1) is 0 Å². The Morgan fingerprint density at radius 1 is 0.905 bits per heavy atom. The van der Waals surface area contributed by atoms with Gasteiger partial charge in [0.1, 0.15) is 5.41 Å². The molecule has 0 unspecified atom stereocenters. The van der Waals surface area contributed by atoms with Gasteiger partial charge in [-0.25, -0.2) is 0 Å². The van der Waals surface area contributed by atoms with Crippen LogP contribution in [0.5, 0.6) is 0 Å². The maximum absolute atomic E-state index is 13.0. The largest absolute Gasteiger partial charge is 0.305 e. The van der Waals surface area contributed by atoms with Gasteiger partial charge in [0, 0.05) is 6.42 Å². The number of halogens is 1. The third kappa shape index (κ3) is 3.83. The zero-order valence-electron chi connectivity index (χ0n) is 12.4. The fraction of sp³-hybridized carbons (Fsp3) is 0.278. The van der Waals surface area contributed by atoms with Gasteiger partial charge in [-0.3, -0.25) is 0 Å². The van der Waals surface area contributed by atoms with Crippen LogP contribution in [-0.4, -0.2) is 17.9 Å². The molecule has 0 N–H and O–H groups in total. The highest BCUT2D eigenvalue weighted by molar-refractivity contribution is 14.1. The van der Waals surface area contributed by atoms with Crippen LogP contribution in [0.4, 0.5) is 0 Å². The molecule has 0 saturated carbocycles. The van der Waals surface area contributed by atoms with Gasteiger partial charge in [-0.1, -0.05) is 89.8 Å². The van der Waals surface area contributed by atoms with E-state index in [0.717, 1.165) is 17.3 Å². The fourth-order valence-electron chi connectivity index (χ4n) is 2.66. The van der Waals surface area contributed by atoms with E-state index in [-0.39, 0.29) is 0 Å². The van der Waals surface area contributed by atoms with Crippen LogP contribution in [-0.2, 0) is 4.79 Å². The van der Waals surface area contributed by atoms with Gasteiger partial charge in [-0.05, 0) is 27.6 Å². The summed E-state index contributed by atoms with van der Waals surface area (Å²) in [6.07, 6.45) is 2.83. The van der Waals surface area contributed by atoms with E-state index in [0.29, 0.717) is 11.8 Å². The van der Waals surface area contributed by atoms with Gasteiger partial charge in [0.25, 0.3) is 0 Å². The molecule has 0 heterocycles. The number of alkyl halides is 1. The predicted octanol–water partition coefficient (Wildman–Crippen LogP) is 3.59. The van der Waals surface area contributed by atoms with Gasteiger partial charge in [0.2, 0.25) is 0 Å². The lowest BCUT2D eigenvalue weighted by molar-refractivity contribution is -0.112. The summed E-state index contributed by atoms with van der Waals surface area (Å²) in [4.78, 5) is 13.0. The second-order valence-corrected chi connectivity index (χ2v) is 10.5. The lowest BCUT2D eigenvalue weighted by Gasteiger charge is -2.27. The molecule has 0 fully saturated rings. The fourth-order valence-corrected chi connectivity index (χ4v) is 6.57. The van der Waals surface area contributed by atoms with Crippen molar-refractivity contribution < 1.29 is 4.79 Å². The Morgan fingerprint density at radius 2 is 1.38 bits per heavy atom. The lowest BCUT2D eigenvalue weighted by atomic mass is 10.3. The average Bonchev–Trinajstić information content (AvgIpc) is 2.56. The first-order valence-corrected chi connectivity index (χ1v) is 11.4. The zero-order valence-corrected chi connectivity index (χ0v) is 15.5. The number of carbonyl (C=O) groups excluding carboxylic acids is 1. The van der Waals surface area contributed by atoms with Crippen LogP contribution in [0.2, 0.25) is 6.55 Å². The molecular formula is C18H21IOSi. The van der Waals surface area contributed by atoms with Crippen molar-refractivity contribution in [3.05, 3.63) is 60.7 Å². The maximum Gasteiger partial charge on any atom is 0.190 e.